The Kier molecular flexibility index (Phi) is 8.28. The second-order valence-corrected chi connectivity index (χ2v) is 9.65. The zero-order valence-corrected chi connectivity index (χ0v) is 19.8. The molecule has 4 rings (SSSR count). The first-order valence-corrected chi connectivity index (χ1v) is 12.2. The smallest absolute Gasteiger partial charge is 0.485 e. The molecule has 0 aromatic heterocycles. The minimum Gasteiger partial charge on any atom is -0.485 e. The number of carbonyl (C=O) groups is 2. The number of benzene rings is 1. The number of halogens is 4. The predicted molar refractivity (Wildman–Crippen MR) is 121 cm³/mol. The van der Waals surface area contributed by atoms with Gasteiger partial charge in [-0.05, 0) is 43.9 Å². The molecule has 1 aromatic rings. The van der Waals surface area contributed by atoms with Gasteiger partial charge in [0.05, 0.1) is 31.0 Å². The van der Waals surface area contributed by atoms with E-state index in [4.69, 9.17) is 21.1 Å². The van der Waals surface area contributed by atoms with Gasteiger partial charge in [-0.25, -0.2) is 0 Å². The van der Waals surface area contributed by atoms with Gasteiger partial charge >= 0.3 is 6.36 Å². The maximum atomic E-state index is 12.6. The molecule has 1 atom stereocenters. The predicted octanol–water partition coefficient (Wildman–Crippen LogP) is 3.39. The summed E-state index contributed by atoms with van der Waals surface area (Å²) in [6.45, 7) is 0.748. The van der Waals surface area contributed by atoms with Crippen LogP contribution in [0, 0.1) is 5.92 Å². The molecule has 12 heteroatoms. The molecule has 8 nitrogen and oxygen atoms in total. The zero-order valence-electron chi connectivity index (χ0n) is 19.0. The molecule has 0 radical (unpaired) electrons. The van der Waals surface area contributed by atoms with Crippen LogP contribution in [0.4, 0.5) is 18.9 Å². The average molecular weight is 520 g/mol. The van der Waals surface area contributed by atoms with Crippen LogP contribution >= 0.6 is 11.6 Å². The second kappa shape index (κ2) is 11.2. The van der Waals surface area contributed by atoms with E-state index in [0.717, 1.165) is 5.69 Å². The number of anilines is 1. The molecular weight excluding hydrogens is 491 g/mol. The molecule has 2 fully saturated rings. The topological polar surface area (TPSA) is 97.9 Å². The molecule has 2 aliphatic carbocycles. The van der Waals surface area contributed by atoms with E-state index >= 15 is 0 Å². The van der Waals surface area contributed by atoms with Crippen molar-refractivity contribution in [2.75, 3.05) is 25.0 Å². The lowest BCUT2D eigenvalue weighted by atomic mass is 9.85. The highest BCUT2D eigenvalue weighted by Crippen LogP contribution is 2.33. The molecular formula is C23H29ClF3N3O5. The van der Waals surface area contributed by atoms with Crippen molar-refractivity contribution in [3.05, 3.63) is 23.2 Å². The third kappa shape index (κ3) is 7.62. The monoisotopic (exact) mass is 519 g/mol. The molecule has 1 heterocycles. The highest BCUT2D eigenvalue weighted by Gasteiger charge is 2.40. The van der Waals surface area contributed by atoms with Crippen molar-refractivity contribution < 1.29 is 37.0 Å². The van der Waals surface area contributed by atoms with Crippen molar-refractivity contribution in [3.63, 3.8) is 0 Å². The Bertz CT molecular complexity index is 905. The van der Waals surface area contributed by atoms with Crippen LogP contribution < -0.4 is 20.7 Å². The second-order valence-electron chi connectivity index (χ2n) is 9.21. The first-order chi connectivity index (χ1) is 16.6. The maximum Gasteiger partial charge on any atom is 0.522 e. The van der Waals surface area contributed by atoms with Crippen LogP contribution in [0.5, 0.6) is 5.75 Å². The summed E-state index contributed by atoms with van der Waals surface area (Å²) in [6.07, 6.45) is -3.24. The number of alkyl halides is 3. The fourth-order valence-electron chi connectivity index (χ4n) is 4.56. The molecule has 194 valence electrons. The van der Waals surface area contributed by atoms with Gasteiger partial charge in [-0.1, -0.05) is 11.6 Å². The molecule has 0 spiro atoms. The van der Waals surface area contributed by atoms with E-state index in [9.17, 15) is 22.8 Å². The van der Waals surface area contributed by atoms with Crippen molar-refractivity contribution in [3.8, 4) is 5.75 Å². The van der Waals surface area contributed by atoms with Crippen LogP contribution in [0.3, 0.4) is 0 Å². The molecule has 1 aliphatic heterocycles. The summed E-state index contributed by atoms with van der Waals surface area (Å²) < 4.78 is 51.6. The van der Waals surface area contributed by atoms with Gasteiger partial charge in [0.1, 0.15) is 18.5 Å². The summed E-state index contributed by atoms with van der Waals surface area (Å²) >= 11 is 5.98. The average Bonchev–Trinajstić information content (AvgIpc) is 2.78. The summed E-state index contributed by atoms with van der Waals surface area (Å²) in [5, 5.41) is 9.73. The Hall–Kier alpha value is -2.24. The van der Waals surface area contributed by atoms with Gasteiger partial charge < -0.3 is 25.4 Å². The lowest BCUT2D eigenvalue weighted by molar-refractivity contribution is -0.357. The number of hydrogen-bond acceptors (Lipinski definition) is 6. The first-order valence-electron chi connectivity index (χ1n) is 11.8. The number of fused-ring (bicyclic) bond motifs is 1. The molecule has 2 amide bonds. The Morgan fingerprint density at radius 2 is 1.89 bits per heavy atom. The van der Waals surface area contributed by atoms with Crippen molar-refractivity contribution in [1.82, 2.24) is 10.6 Å². The summed E-state index contributed by atoms with van der Waals surface area (Å²) in [7, 11) is 0. The largest absolute Gasteiger partial charge is 0.522 e. The minimum atomic E-state index is -4.65. The van der Waals surface area contributed by atoms with Gasteiger partial charge in [-0.2, -0.15) is 0 Å². The highest BCUT2D eigenvalue weighted by atomic mass is 35.5. The van der Waals surface area contributed by atoms with Gasteiger partial charge in [0.25, 0.3) is 0 Å². The van der Waals surface area contributed by atoms with E-state index < -0.39 is 18.6 Å². The summed E-state index contributed by atoms with van der Waals surface area (Å²) in [5.41, 5.74) is 0.832. The van der Waals surface area contributed by atoms with E-state index in [1.165, 1.54) is 0 Å². The van der Waals surface area contributed by atoms with E-state index in [-0.39, 0.29) is 49.3 Å². The molecule has 3 aliphatic rings. The first kappa shape index (κ1) is 25.8. The normalized spacial score (nSPS) is 28.1. The molecule has 3 N–H and O–H groups in total. The van der Waals surface area contributed by atoms with Crippen molar-refractivity contribution in [2.24, 2.45) is 5.92 Å². The summed E-state index contributed by atoms with van der Waals surface area (Å²) in [5.74, 6) is 0.250. The Labute approximate surface area is 206 Å². The number of hydrogen-bond donors (Lipinski definition) is 3. The third-order valence-electron chi connectivity index (χ3n) is 6.52. The van der Waals surface area contributed by atoms with Gasteiger partial charge in [0.15, 0.2) is 0 Å². The van der Waals surface area contributed by atoms with Gasteiger partial charge in [0.2, 0.25) is 11.8 Å². The lowest BCUT2D eigenvalue weighted by Gasteiger charge is -2.35. The molecule has 2 saturated carbocycles. The molecule has 1 unspecified atom stereocenters. The molecule has 1 aromatic carbocycles. The van der Waals surface area contributed by atoms with Crippen LogP contribution in [0.1, 0.15) is 38.5 Å². The van der Waals surface area contributed by atoms with Gasteiger partial charge in [0, 0.05) is 29.8 Å². The molecule has 0 saturated heterocycles. The number of ether oxygens (including phenoxy) is 3. The van der Waals surface area contributed by atoms with Crippen molar-refractivity contribution in [1.29, 1.82) is 0 Å². The Morgan fingerprint density at radius 3 is 2.60 bits per heavy atom. The van der Waals surface area contributed by atoms with Crippen LogP contribution in [0.15, 0.2) is 18.2 Å². The highest BCUT2D eigenvalue weighted by molar-refractivity contribution is 6.30. The third-order valence-corrected chi connectivity index (χ3v) is 6.76. The van der Waals surface area contributed by atoms with Gasteiger partial charge in [-0.3, -0.25) is 14.3 Å². The van der Waals surface area contributed by atoms with E-state index in [0.29, 0.717) is 49.5 Å². The summed E-state index contributed by atoms with van der Waals surface area (Å²) in [4.78, 5) is 24.7. The summed E-state index contributed by atoms with van der Waals surface area (Å²) in [6, 6.07) is 5.30. The van der Waals surface area contributed by atoms with Crippen LogP contribution in [0.2, 0.25) is 5.02 Å². The SMILES string of the molecule is O=C(COC1CC(OC(F)(F)F)C1)NC1CCC(C(=O)NCC2CNc3cc(Cl)ccc3O2)CC1. The number of carbonyl (C=O) groups excluding carboxylic acids is 2. The lowest BCUT2D eigenvalue weighted by Crippen LogP contribution is -2.46. The Balaban J connectivity index is 1.08. The van der Waals surface area contributed by atoms with E-state index in [1.807, 2.05) is 0 Å². The zero-order chi connectivity index (χ0) is 25.0. The van der Waals surface area contributed by atoms with E-state index in [1.54, 1.807) is 18.2 Å². The molecule has 35 heavy (non-hydrogen) atoms. The van der Waals surface area contributed by atoms with Gasteiger partial charge in [-0.15, -0.1) is 13.2 Å². The quantitative estimate of drug-likeness (QED) is 0.487. The van der Waals surface area contributed by atoms with E-state index in [2.05, 4.69) is 20.7 Å². The fraction of sp³-hybridized carbons (Fsp3) is 0.652. The molecule has 0 bridgehead atoms. The number of amides is 2. The van der Waals surface area contributed by atoms with Crippen molar-refractivity contribution in [2.45, 2.75) is 69.2 Å². The van der Waals surface area contributed by atoms with Crippen LogP contribution in [-0.4, -0.2) is 62.2 Å². The fourth-order valence-corrected chi connectivity index (χ4v) is 4.73. The Morgan fingerprint density at radius 1 is 1.14 bits per heavy atom. The maximum absolute atomic E-state index is 12.6. The van der Waals surface area contributed by atoms with Crippen LogP contribution in [0.25, 0.3) is 0 Å². The number of rotatable bonds is 8. The number of nitrogens with one attached hydrogen (secondary N) is 3. The standard InChI is InChI=1S/C23H29ClF3N3O5/c24-14-3-6-20-19(7-14)28-10-18(34-20)11-29-22(32)13-1-4-15(5-2-13)30-21(31)12-33-16-8-17(9-16)35-23(25,26)27/h3,6-7,13,15-18,28H,1-2,4-5,8-12H2,(H,29,32)(H,30,31). The van der Waals surface area contributed by atoms with Crippen molar-refractivity contribution >= 4 is 29.1 Å². The minimum absolute atomic E-state index is 0.0239. The van der Waals surface area contributed by atoms with Crippen LogP contribution in [-0.2, 0) is 19.1 Å².